The Balaban J connectivity index is 1.69. The van der Waals surface area contributed by atoms with Crippen molar-refractivity contribution in [3.8, 4) is 10.8 Å². The number of rotatable bonds is 7. The molecule has 31 heavy (non-hydrogen) atoms. The molecule has 9 heteroatoms. The summed E-state index contributed by atoms with van der Waals surface area (Å²) in [5.41, 5.74) is 1.21. The molecule has 0 aromatic carbocycles. The Hall–Kier alpha value is -3.33. The van der Waals surface area contributed by atoms with Crippen LogP contribution < -0.4 is 5.43 Å². The topological polar surface area (TPSA) is 94.1 Å². The van der Waals surface area contributed by atoms with E-state index in [2.05, 4.69) is 15.2 Å². The summed E-state index contributed by atoms with van der Waals surface area (Å²) in [7, 11) is 0. The van der Waals surface area contributed by atoms with Crippen molar-refractivity contribution in [2.24, 2.45) is 0 Å². The highest BCUT2D eigenvalue weighted by Gasteiger charge is 2.23. The molecule has 0 fully saturated rings. The second-order valence-electron chi connectivity index (χ2n) is 7.19. The molecule has 0 saturated heterocycles. The van der Waals surface area contributed by atoms with Gasteiger partial charge in [0.25, 0.3) is 11.8 Å². The summed E-state index contributed by atoms with van der Waals surface area (Å²) in [6.07, 6.45) is 2.33. The van der Waals surface area contributed by atoms with Gasteiger partial charge in [0, 0.05) is 25.0 Å². The Morgan fingerprint density at radius 3 is 2.77 bits per heavy atom. The van der Waals surface area contributed by atoms with Gasteiger partial charge in [-0.15, -0.1) is 21.5 Å². The van der Waals surface area contributed by atoms with Crippen LogP contribution in [0.3, 0.4) is 0 Å². The van der Waals surface area contributed by atoms with Crippen molar-refractivity contribution in [1.82, 2.24) is 24.6 Å². The molecule has 4 rings (SSSR count). The molecule has 0 N–H and O–H groups in total. The largest absolute Gasteiger partial charge is 0.418 e. The third kappa shape index (κ3) is 4.13. The maximum atomic E-state index is 13.4. The van der Waals surface area contributed by atoms with E-state index >= 15 is 0 Å². The molecule has 0 saturated carbocycles. The Kier molecular flexibility index (Phi) is 5.94. The molecule has 160 valence electrons. The maximum absolute atomic E-state index is 13.4. The zero-order valence-corrected chi connectivity index (χ0v) is 18.5. The van der Waals surface area contributed by atoms with Crippen LogP contribution in [0.5, 0.6) is 0 Å². The van der Waals surface area contributed by atoms with Crippen LogP contribution in [0.1, 0.15) is 42.2 Å². The lowest BCUT2D eigenvalue weighted by Crippen LogP contribution is -2.35. The van der Waals surface area contributed by atoms with Crippen molar-refractivity contribution in [3.05, 3.63) is 63.2 Å². The summed E-state index contributed by atoms with van der Waals surface area (Å²) in [5, 5.41) is 10.5. The minimum absolute atomic E-state index is 0.117. The number of aromatic nitrogens is 4. The summed E-state index contributed by atoms with van der Waals surface area (Å²) in [5.74, 6) is 0.404. The van der Waals surface area contributed by atoms with Crippen molar-refractivity contribution in [3.63, 3.8) is 0 Å². The maximum Gasteiger partial charge on any atom is 0.259 e. The second kappa shape index (κ2) is 8.81. The lowest BCUT2D eigenvalue weighted by Gasteiger charge is -2.21. The van der Waals surface area contributed by atoms with Gasteiger partial charge in [-0.2, -0.15) is 0 Å². The number of carbonyl (C=O) groups is 1. The van der Waals surface area contributed by atoms with Crippen molar-refractivity contribution in [2.75, 3.05) is 6.54 Å². The van der Waals surface area contributed by atoms with E-state index in [1.54, 1.807) is 23.2 Å². The molecular formula is C22H23N5O3S. The number of hydrogen-bond acceptors (Lipinski definition) is 7. The first-order valence-electron chi connectivity index (χ1n) is 10.2. The zero-order valence-electron chi connectivity index (χ0n) is 17.7. The molecule has 4 aromatic rings. The van der Waals surface area contributed by atoms with Crippen LogP contribution in [0.15, 0.2) is 45.1 Å². The highest BCUT2D eigenvalue weighted by Crippen LogP contribution is 2.23. The first kappa shape index (κ1) is 20.9. The minimum Gasteiger partial charge on any atom is -0.418 e. The van der Waals surface area contributed by atoms with Crippen LogP contribution in [0, 0.1) is 6.92 Å². The van der Waals surface area contributed by atoms with E-state index in [9.17, 15) is 9.59 Å². The highest BCUT2D eigenvalue weighted by atomic mass is 32.1. The predicted molar refractivity (Wildman–Crippen MR) is 119 cm³/mol. The van der Waals surface area contributed by atoms with Crippen LogP contribution in [-0.2, 0) is 13.1 Å². The Morgan fingerprint density at radius 2 is 2.06 bits per heavy atom. The number of thiophene rings is 1. The van der Waals surface area contributed by atoms with Gasteiger partial charge in [-0.3, -0.25) is 9.59 Å². The summed E-state index contributed by atoms with van der Waals surface area (Å²) >= 11 is 1.50. The summed E-state index contributed by atoms with van der Waals surface area (Å²) in [6.45, 7) is 7.00. The molecule has 0 aliphatic carbocycles. The van der Waals surface area contributed by atoms with E-state index in [1.165, 1.54) is 11.3 Å². The number of carbonyl (C=O) groups excluding carboxylic acids is 1. The van der Waals surface area contributed by atoms with Crippen LogP contribution in [0.2, 0.25) is 0 Å². The molecule has 0 radical (unpaired) electrons. The monoisotopic (exact) mass is 437 g/mol. The Labute approximate surface area is 183 Å². The first-order chi connectivity index (χ1) is 15.0. The van der Waals surface area contributed by atoms with Crippen molar-refractivity contribution in [2.45, 2.75) is 40.3 Å². The molecule has 4 aromatic heterocycles. The fourth-order valence-corrected chi connectivity index (χ4v) is 4.07. The molecule has 0 unspecified atom stereocenters. The molecule has 4 heterocycles. The molecule has 0 aliphatic rings. The SMILES string of the molecule is CCCN(Cc1nnc(-c2cccs2)o1)C(=O)c1cn(CC)c2nc(C)ccc2c1=O. The summed E-state index contributed by atoms with van der Waals surface area (Å²) < 4.78 is 7.59. The van der Waals surface area contributed by atoms with Gasteiger partial charge in [0.05, 0.1) is 16.8 Å². The van der Waals surface area contributed by atoms with E-state index in [-0.39, 0.29) is 23.4 Å². The van der Waals surface area contributed by atoms with Gasteiger partial charge in [0.2, 0.25) is 11.3 Å². The number of aryl methyl sites for hydroxylation is 2. The van der Waals surface area contributed by atoms with Crippen molar-refractivity contribution < 1.29 is 9.21 Å². The van der Waals surface area contributed by atoms with Crippen LogP contribution in [0.25, 0.3) is 21.8 Å². The molecule has 1 amide bonds. The van der Waals surface area contributed by atoms with Gasteiger partial charge in [-0.25, -0.2) is 4.98 Å². The number of hydrogen-bond donors (Lipinski definition) is 0. The van der Waals surface area contributed by atoms with Gasteiger partial charge in [-0.05, 0) is 43.8 Å². The van der Waals surface area contributed by atoms with Crippen molar-refractivity contribution in [1.29, 1.82) is 0 Å². The lowest BCUT2D eigenvalue weighted by atomic mass is 10.1. The fraction of sp³-hybridized carbons (Fsp3) is 0.318. The average Bonchev–Trinajstić information content (AvgIpc) is 3.45. The smallest absolute Gasteiger partial charge is 0.259 e. The predicted octanol–water partition coefficient (Wildman–Crippen LogP) is 3.89. The van der Waals surface area contributed by atoms with Gasteiger partial charge < -0.3 is 13.9 Å². The summed E-state index contributed by atoms with van der Waals surface area (Å²) in [6, 6.07) is 7.32. The third-order valence-electron chi connectivity index (χ3n) is 4.94. The van der Waals surface area contributed by atoms with E-state index in [1.807, 2.05) is 42.9 Å². The molecule has 0 spiro atoms. The van der Waals surface area contributed by atoms with E-state index in [4.69, 9.17) is 4.42 Å². The molecular weight excluding hydrogens is 414 g/mol. The van der Waals surface area contributed by atoms with Crippen molar-refractivity contribution >= 4 is 28.3 Å². The van der Waals surface area contributed by atoms with Crippen LogP contribution in [-0.4, -0.2) is 37.1 Å². The number of amides is 1. The van der Waals surface area contributed by atoms with Gasteiger partial charge >= 0.3 is 0 Å². The van der Waals surface area contributed by atoms with E-state index in [0.29, 0.717) is 35.9 Å². The van der Waals surface area contributed by atoms with Crippen LogP contribution >= 0.6 is 11.3 Å². The Morgan fingerprint density at radius 1 is 1.23 bits per heavy atom. The molecule has 0 bridgehead atoms. The minimum atomic E-state index is -0.354. The quantitative estimate of drug-likeness (QED) is 0.435. The van der Waals surface area contributed by atoms with Gasteiger partial charge in [-0.1, -0.05) is 13.0 Å². The number of fused-ring (bicyclic) bond motifs is 1. The average molecular weight is 438 g/mol. The Bertz CT molecular complexity index is 1280. The normalized spacial score (nSPS) is 11.2. The third-order valence-corrected chi connectivity index (χ3v) is 5.80. The second-order valence-corrected chi connectivity index (χ2v) is 8.13. The van der Waals surface area contributed by atoms with Crippen LogP contribution in [0.4, 0.5) is 0 Å². The standard InChI is InChI=1S/C22H23N5O3S/c1-4-10-27(13-18-24-25-21(30-18)17-7-6-11-31-17)22(29)16-12-26(5-2)20-15(19(16)28)9-8-14(3)23-20/h6-9,11-12H,4-5,10,13H2,1-3H3. The van der Waals surface area contributed by atoms with E-state index < -0.39 is 0 Å². The highest BCUT2D eigenvalue weighted by molar-refractivity contribution is 7.13. The zero-order chi connectivity index (χ0) is 22.0. The summed E-state index contributed by atoms with van der Waals surface area (Å²) in [4.78, 5) is 33.4. The first-order valence-corrected chi connectivity index (χ1v) is 11.1. The van der Waals surface area contributed by atoms with E-state index in [0.717, 1.165) is 17.0 Å². The lowest BCUT2D eigenvalue weighted by molar-refractivity contribution is 0.0726. The fourth-order valence-electron chi connectivity index (χ4n) is 3.43. The molecule has 0 atom stereocenters. The molecule has 8 nitrogen and oxygen atoms in total. The number of pyridine rings is 2. The molecule has 0 aliphatic heterocycles. The van der Waals surface area contributed by atoms with Gasteiger partial charge in [0.1, 0.15) is 11.2 Å². The van der Waals surface area contributed by atoms with Gasteiger partial charge in [0.15, 0.2) is 0 Å². The number of nitrogens with zero attached hydrogens (tertiary/aromatic N) is 5.